The molecule has 0 spiro atoms. The lowest BCUT2D eigenvalue weighted by Crippen LogP contribution is -2.11. The lowest BCUT2D eigenvalue weighted by molar-refractivity contribution is 0.0995. The predicted molar refractivity (Wildman–Crippen MR) is 71.0 cm³/mol. The van der Waals surface area contributed by atoms with Crippen LogP contribution in [0.25, 0.3) is 0 Å². The Bertz CT molecular complexity index is 605. The van der Waals surface area contributed by atoms with Gasteiger partial charge >= 0.3 is 0 Å². The zero-order chi connectivity index (χ0) is 14.0. The summed E-state index contributed by atoms with van der Waals surface area (Å²) in [6.45, 7) is 0.196. The minimum absolute atomic E-state index is 0.0945. The standard InChI is InChI=1S/C12H9Cl2FN2O2/c13-8-3-6(4-9(14)11(8)15)17-12(18)10-2-1-7(5-16)19-10/h1-4H,5,16H2,(H,17,18). The topological polar surface area (TPSA) is 68.3 Å². The molecule has 0 radical (unpaired) electrons. The van der Waals surface area contributed by atoms with Gasteiger partial charge < -0.3 is 15.5 Å². The van der Waals surface area contributed by atoms with Gasteiger partial charge in [0.15, 0.2) is 11.6 Å². The van der Waals surface area contributed by atoms with Crippen molar-refractivity contribution in [3.63, 3.8) is 0 Å². The molecule has 19 heavy (non-hydrogen) atoms. The Hall–Kier alpha value is -1.56. The number of carbonyl (C=O) groups excluding carboxylic acids is 1. The normalized spacial score (nSPS) is 10.5. The number of amides is 1. The molecule has 0 atom stereocenters. The van der Waals surface area contributed by atoms with E-state index in [-0.39, 0.29) is 28.0 Å². The van der Waals surface area contributed by atoms with Crippen LogP contribution in [0.3, 0.4) is 0 Å². The highest BCUT2D eigenvalue weighted by atomic mass is 35.5. The molecule has 0 bridgehead atoms. The van der Waals surface area contributed by atoms with E-state index in [0.717, 1.165) is 0 Å². The maximum Gasteiger partial charge on any atom is 0.291 e. The molecule has 1 heterocycles. The lowest BCUT2D eigenvalue weighted by Gasteiger charge is -2.05. The Morgan fingerprint density at radius 1 is 1.32 bits per heavy atom. The molecule has 0 aliphatic heterocycles. The molecule has 2 aromatic rings. The molecule has 100 valence electrons. The summed E-state index contributed by atoms with van der Waals surface area (Å²) in [4.78, 5) is 11.8. The minimum Gasteiger partial charge on any atom is -0.455 e. The van der Waals surface area contributed by atoms with Gasteiger partial charge in [-0.05, 0) is 24.3 Å². The van der Waals surface area contributed by atoms with Gasteiger partial charge in [-0.2, -0.15) is 0 Å². The fourth-order valence-electron chi connectivity index (χ4n) is 1.43. The van der Waals surface area contributed by atoms with Gasteiger partial charge in [0, 0.05) is 5.69 Å². The van der Waals surface area contributed by atoms with E-state index in [9.17, 15) is 9.18 Å². The molecule has 2 rings (SSSR count). The zero-order valence-corrected chi connectivity index (χ0v) is 11.1. The Morgan fingerprint density at radius 3 is 2.47 bits per heavy atom. The first kappa shape index (κ1) is 13.9. The van der Waals surface area contributed by atoms with Gasteiger partial charge in [0.05, 0.1) is 16.6 Å². The molecule has 0 saturated heterocycles. The van der Waals surface area contributed by atoms with Gasteiger partial charge in [-0.15, -0.1) is 0 Å². The summed E-state index contributed by atoms with van der Waals surface area (Å²) < 4.78 is 18.4. The maximum absolute atomic E-state index is 13.2. The van der Waals surface area contributed by atoms with Crippen LogP contribution in [0.15, 0.2) is 28.7 Å². The fourth-order valence-corrected chi connectivity index (χ4v) is 1.92. The van der Waals surface area contributed by atoms with Crippen molar-refractivity contribution in [2.24, 2.45) is 5.73 Å². The van der Waals surface area contributed by atoms with Crippen LogP contribution in [0, 0.1) is 5.82 Å². The second-order valence-corrected chi connectivity index (χ2v) is 4.49. The third-order valence-electron chi connectivity index (χ3n) is 2.33. The summed E-state index contributed by atoms with van der Waals surface area (Å²) in [5.41, 5.74) is 5.64. The molecule has 0 aliphatic carbocycles. The van der Waals surface area contributed by atoms with E-state index in [1.165, 1.54) is 18.2 Å². The lowest BCUT2D eigenvalue weighted by atomic mass is 10.3. The van der Waals surface area contributed by atoms with Gasteiger partial charge in [0.25, 0.3) is 5.91 Å². The van der Waals surface area contributed by atoms with Crippen molar-refractivity contribution >= 4 is 34.8 Å². The second kappa shape index (κ2) is 5.61. The Morgan fingerprint density at radius 2 is 1.95 bits per heavy atom. The Balaban J connectivity index is 2.19. The Labute approximate surface area is 118 Å². The first-order chi connectivity index (χ1) is 9.01. The van der Waals surface area contributed by atoms with Crippen LogP contribution in [0.1, 0.15) is 16.3 Å². The first-order valence-electron chi connectivity index (χ1n) is 5.26. The number of benzene rings is 1. The first-order valence-corrected chi connectivity index (χ1v) is 6.01. The number of nitrogens with one attached hydrogen (secondary N) is 1. The highest BCUT2D eigenvalue weighted by Crippen LogP contribution is 2.27. The van der Waals surface area contributed by atoms with Gasteiger partial charge in [-0.1, -0.05) is 23.2 Å². The van der Waals surface area contributed by atoms with Crippen LogP contribution in [0.4, 0.5) is 10.1 Å². The summed E-state index contributed by atoms with van der Waals surface area (Å²) in [5.74, 6) is -0.652. The highest BCUT2D eigenvalue weighted by molar-refractivity contribution is 6.35. The van der Waals surface area contributed by atoms with Crippen LogP contribution < -0.4 is 11.1 Å². The fraction of sp³-hybridized carbons (Fsp3) is 0.0833. The molecule has 4 nitrogen and oxygen atoms in total. The maximum atomic E-state index is 13.2. The monoisotopic (exact) mass is 302 g/mol. The van der Waals surface area contributed by atoms with Crippen molar-refractivity contribution in [2.75, 3.05) is 5.32 Å². The van der Waals surface area contributed by atoms with Crippen LogP contribution in [0.2, 0.25) is 10.0 Å². The molecular weight excluding hydrogens is 294 g/mol. The number of nitrogens with two attached hydrogens (primary N) is 1. The van der Waals surface area contributed by atoms with E-state index in [2.05, 4.69) is 5.32 Å². The number of halogens is 3. The van der Waals surface area contributed by atoms with E-state index >= 15 is 0 Å². The van der Waals surface area contributed by atoms with Crippen LogP contribution in [0.5, 0.6) is 0 Å². The molecule has 1 aromatic heterocycles. The third kappa shape index (κ3) is 3.07. The van der Waals surface area contributed by atoms with E-state index < -0.39 is 11.7 Å². The van der Waals surface area contributed by atoms with Crippen LogP contribution in [-0.4, -0.2) is 5.91 Å². The van der Waals surface area contributed by atoms with Gasteiger partial charge in [0.1, 0.15) is 5.76 Å². The number of carbonyl (C=O) groups is 1. The van der Waals surface area contributed by atoms with Crippen molar-refractivity contribution in [2.45, 2.75) is 6.54 Å². The third-order valence-corrected chi connectivity index (χ3v) is 2.88. The molecule has 0 unspecified atom stereocenters. The largest absolute Gasteiger partial charge is 0.455 e. The Kier molecular flexibility index (Phi) is 4.09. The average Bonchev–Trinajstić information content (AvgIpc) is 2.84. The molecule has 3 N–H and O–H groups in total. The van der Waals surface area contributed by atoms with E-state index in [1.54, 1.807) is 6.07 Å². The van der Waals surface area contributed by atoms with E-state index in [4.69, 9.17) is 33.4 Å². The predicted octanol–water partition coefficient (Wildman–Crippen LogP) is 3.44. The van der Waals surface area contributed by atoms with Crippen molar-refractivity contribution in [1.29, 1.82) is 0 Å². The van der Waals surface area contributed by atoms with Crippen molar-refractivity contribution in [3.05, 3.63) is 51.6 Å². The van der Waals surface area contributed by atoms with Gasteiger partial charge in [0.2, 0.25) is 0 Å². The van der Waals surface area contributed by atoms with Crippen LogP contribution >= 0.6 is 23.2 Å². The molecule has 0 fully saturated rings. The van der Waals surface area contributed by atoms with Gasteiger partial charge in [-0.25, -0.2) is 4.39 Å². The quantitative estimate of drug-likeness (QED) is 0.853. The number of hydrogen-bond donors (Lipinski definition) is 2. The molecule has 1 aromatic carbocycles. The summed E-state index contributed by atoms with van der Waals surface area (Å²) in [6, 6.07) is 5.60. The van der Waals surface area contributed by atoms with Crippen LogP contribution in [-0.2, 0) is 6.54 Å². The summed E-state index contributed by atoms with van der Waals surface area (Å²) >= 11 is 11.2. The number of hydrogen-bond acceptors (Lipinski definition) is 3. The summed E-state index contributed by atoms with van der Waals surface area (Å²) in [7, 11) is 0. The second-order valence-electron chi connectivity index (χ2n) is 3.68. The minimum atomic E-state index is -0.732. The highest BCUT2D eigenvalue weighted by Gasteiger charge is 2.13. The van der Waals surface area contributed by atoms with Crippen molar-refractivity contribution in [1.82, 2.24) is 0 Å². The van der Waals surface area contributed by atoms with E-state index in [0.29, 0.717) is 5.76 Å². The molecular formula is C12H9Cl2FN2O2. The molecule has 1 amide bonds. The number of anilines is 1. The SMILES string of the molecule is NCc1ccc(C(=O)Nc2cc(Cl)c(F)c(Cl)c2)o1. The zero-order valence-electron chi connectivity index (χ0n) is 9.54. The van der Waals surface area contributed by atoms with Crippen molar-refractivity contribution in [3.8, 4) is 0 Å². The summed E-state index contributed by atoms with van der Waals surface area (Å²) in [6.07, 6.45) is 0. The van der Waals surface area contributed by atoms with Crippen molar-refractivity contribution < 1.29 is 13.6 Å². The van der Waals surface area contributed by atoms with Gasteiger partial charge in [-0.3, -0.25) is 4.79 Å². The number of furan rings is 1. The molecule has 7 heteroatoms. The average molecular weight is 303 g/mol. The molecule has 0 saturated carbocycles. The summed E-state index contributed by atoms with van der Waals surface area (Å²) in [5, 5.41) is 2.14. The van der Waals surface area contributed by atoms with E-state index in [1.807, 2.05) is 0 Å². The smallest absolute Gasteiger partial charge is 0.291 e. The molecule has 0 aliphatic rings. The number of rotatable bonds is 3.